The van der Waals surface area contributed by atoms with Gasteiger partial charge in [-0.2, -0.15) is 0 Å². The molecule has 1 fully saturated rings. The summed E-state index contributed by atoms with van der Waals surface area (Å²) in [5, 5.41) is 13.6. The molecule has 1 aromatic heterocycles. The highest BCUT2D eigenvalue weighted by atomic mass is 16.5. The second-order valence-electron chi connectivity index (χ2n) is 8.15. The van der Waals surface area contributed by atoms with Gasteiger partial charge in [0.1, 0.15) is 0 Å². The Balaban J connectivity index is 1.50. The van der Waals surface area contributed by atoms with Gasteiger partial charge in [-0.1, -0.05) is 30.3 Å². The Morgan fingerprint density at radius 3 is 2.59 bits per heavy atom. The predicted octanol–water partition coefficient (Wildman–Crippen LogP) is 4.00. The predicted molar refractivity (Wildman–Crippen MR) is 126 cm³/mol. The Kier molecular flexibility index (Phi) is 6.73. The number of nitrogens with one attached hydrogen (secondary N) is 1. The maximum atomic E-state index is 13.0. The molecule has 1 atom stereocenters. The minimum Gasteiger partial charge on any atom is -0.493 e. The Morgan fingerprint density at radius 1 is 1.06 bits per heavy atom. The van der Waals surface area contributed by atoms with E-state index < -0.39 is 0 Å². The van der Waals surface area contributed by atoms with Crippen LogP contribution in [0.25, 0.3) is 10.8 Å². The highest BCUT2D eigenvalue weighted by Crippen LogP contribution is 2.30. The van der Waals surface area contributed by atoms with Gasteiger partial charge in [0, 0.05) is 29.9 Å². The Labute approximate surface area is 188 Å². The number of nitrogens with zero attached hydrogens (tertiary/aromatic N) is 3. The molecule has 0 radical (unpaired) electrons. The second kappa shape index (κ2) is 9.85. The van der Waals surface area contributed by atoms with Crippen molar-refractivity contribution in [1.29, 1.82) is 0 Å². The number of rotatable bonds is 7. The van der Waals surface area contributed by atoms with Crippen LogP contribution in [0.5, 0.6) is 11.5 Å². The van der Waals surface area contributed by atoms with Crippen LogP contribution >= 0.6 is 0 Å². The normalized spacial score (nSPS) is 16.1. The number of methoxy groups -OCH3 is 2. The number of carbonyl (C=O) groups excluding carboxylic acids is 1. The number of fused-ring (bicyclic) bond motifs is 1. The Hall–Kier alpha value is -3.35. The van der Waals surface area contributed by atoms with E-state index in [1.165, 1.54) is 6.42 Å². The SMILES string of the molecule is COc1ccc(CCNC(=O)c2nnc(N3CCCCC3C)c3ccccc23)cc1OC. The van der Waals surface area contributed by atoms with E-state index in [-0.39, 0.29) is 5.91 Å². The second-order valence-corrected chi connectivity index (χ2v) is 8.15. The van der Waals surface area contributed by atoms with E-state index in [1.807, 2.05) is 42.5 Å². The standard InChI is InChI=1S/C25H30N4O3/c1-17-8-6-7-15-29(17)24-20-10-5-4-9-19(20)23(27-28-24)25(30)26-14-13-18-11-12-21(31-2)22(16-18)32-3/h4-5,9-12,16-17H,6-8,13-15H2,1-3H3,(H,26,30). The first kappa shape index (κ1) is 21.9. The summed E-state index contributed by atoms with van der Waals surface area (Å²) in [6.07, 6.45) is 4.21. The molecule has 32 heavy (non-hydrogen) atoms. The summed E-state index contributed by atoms with van der Waals surface area (Å²) in [6.45, 7) is 3.68. The number of piperidine rings is 1. The molecule has 0 aliphatic carbocycles. The van der Waals surface area contributed by atoms with Gasteiger partial charge in [0.25, 0.3) is 5.91 Å². The van der Waals surface area contributed by atoms with Crippen molar-refractivity contribution in [3.05, 3.63) is 53.7 Å². The summed E-state index contributed by atoms with van der Waals surface area (Å²) in [5.41, 5.74) is 1.41. The number of aromatic nitrogens is 2. The monoisotopic (exact) mass is 434 g/mol. The van der Waals surface area contributed by atoms with Crippen LogP contribution in [0.2, 0.25) is 0 Å². The quantitative estimate of drug-likeness (QED) is 0.606. The van der Waals surface area contributed by atoms with Gasteiger partial charge in [-0.25, -0.2) is 0 Å². The molecule has 3 aromatic rings. The number of hydrogen-bond donors (Lipinski definition) is 1. The van der Waals surface area contributed by atoms with Crippen LogP contribution in [0.1, 0.15) is 42.2 Å². The molecule has 7 nitrogen and oxygen atoms in total. The molecule has 0 bridgehead atoms. The molecule has 1 N–H and O–H groups in total. The van der Waals surface area contributed by atoms with Gasteiger partial charge < -0.3 is 19.7 Å². The first-order valence-electron chi connectivity index (χ1n) is 11.1. The van der Waals surface area contributed by atoms with Crippen molar-refractivity contribution in [2.75, 3.05) is 32.2 Å². The zero-order chi connectivity index (χ0) is 22.5. The highest BCUT2D eigenvalue weighted by Gasteiger charge is 2.24. The van der Waals surface area contributed by atoms with E-state index in [1.54, 1.807) is 14.2 Å². The fourth-order valence-electron chi connectivity index (χ4n) is 4.32. The van der Waals surface area contributed by atoms with Crippen molar-refractivity contribution >= 4 is 22.5 Å². The van der Waals surface area contributed by atoms with Crippen molar-refractivity contribution in [3.8, 4) is 11.5 Å². The van der Waals surface area contributed by atoms with Gasteiger partial charge in [0.15, 0.2) is 23.0 Å². The van der Waals surface area contributed by atoms with E-state index in [0.29, 0.717) is 36.2 Å². The first-order chi connectivity index (χ1) is 15.6. The molecule has 4 rings (SSSR count). The zero-order valence-electron chi connectivity index (χ0n) is 18.9. The summed E-state index contributed by atoms with van der Waals surface area (Å²) in [6, 6.07) is 14.1. The smallest absolute Gasteiger partial charge is 0.272 e. The highest BCUT2D eigenvalue weighted by molar-refractivity contribution is 6.07. The fraction of sp³-hybridized carbons (Fsp3) is 0.400. The molecule has 0 saturated carbocycles. The van der Waals surface area contributed by atoms with Crippen molar-refractivity contribution in [2.24, 2.45) is 0 Å². The van der Waals surface area contributed by atoms with Gasteiger partial charge in [0.05, 0.1) is 14.2 Å². The maximum Gasteiger partial charge on any atom is 0.272 e. The molecule has 1 aliphatic heterocycles. The minimum absolute atomic E-state index is 0.215. The molecule has 168 valence electrons. The first-order valence-corrected chi connectivity index (χ1v) is 11.1. The Bertz CT molecular complexity index is 1100. The largest absolute Gasteiger partial charge is 0.493 e. The van der Waals surface area contributed by atoms with Crippen molar-refractivity contribution in [1.82, 2.24) is 15.5 Å². The summed E-state index contributed by atoms with van der Waals surface area (Å²) >= 11 is 0. The third kappa shape index (κ3) is 4.47. The average molecular weight is 435 g/mol. The zero-order valence-corrected chi connectivity index (χ0v) is 18.9. The number of ether oxygens (including phenoxy) is 2. The third-order valence-corrected chi connectivity index (χ3v) is 6.11. The van der Waals surface area contributed by atoms with E-state index in [2.05, 4.69) is 27.3 Å². The fourth-order valence-corrected chi connectivity index (χ4v) is 4.32. The van der Waals surface area contributed by atoms with Crippen LogP contribution in [0.4, 0.5) is 5.82 Å². The molecular formula is C25H30N4O3. The van der Waals surface area contributed by atoms with Gasteiger partial charge in [-0.3, -0.25) is 4.79 Å². The van der Waals surface area contributed by atoms with Crippen LogP contribution in [-0.4, -0.2) is 49.5 Å². The molecule has 2 aromatic carbocycles. The van der Waals surface area contributed by atoms with E-state index in [0.717, 1.165) is 41.5 Å². The maximum absolute atomic E-state index is 13.0. The number of carbonyl (C=O) groups is 1. The summed E-state index contributed by atoms with van der Waals surface area (Å²) in [4.78, 5) is 15.3. The minimum atomic E-state index is -0.215. The molecule has 2 heterocycles. The molecule has 1 aliphatic rings. The lowest BCUT2D eigenvalue weighted by Crippen LogP contribution is -2.38. The lowest BCUT2D eigenvalue weighted by molar-refractivity contribution is 0.0950. The summed E-state index contributed by atoms with van der Waals surface area (Å²) in [7, 11) is 3.22. The topological polar surface area (TPSA) is 76.6 Å². The van der Waals surface area contributed by atoms with Crippen molar-refractivity contribution in [2.45, 2.75) is 38.6 Å². The molecule has 1 saturated heterocycles. The lowest BCUT2D eigenvalue weighted by Gasteiger charge is -2.34. The van der Waals surface area contributed by atoms with E-state index in [9.17, 15) is 4.79 Å². The number of hydrogen-bond acceptors (Lipinski definition) is 6. The van der Waals surface area contributed by atoms with Crippen molar-refractivity contribution in [3.63, 3.8) is 0 Å². The average Bonchev–Trinajstić information content (AvgIpc) is 2.83. The van der Waals surface area contributed by atoms with Crippen LogP contribution in [0.3, 0.4) is 0 Å². The molecule has 1 unspecified atom stereocenters. The lowest BCUT2D eigenvalue weighted by atomic mass is 10.0. The van der Waals surface area contributed by atoms with Crippen LogP contribution in [0.15, 0.2) is 42.5 Å². The third-order valence-electron chi connectivity index (χ3n) is 6.11. The van der Waals surface area contributed by atoms with Gasteiger partial charge >= 0.3 is 0 Å². The van der Waals surface area contributed by atoms with E-state index >= 15 is 0 Å². The van der Waals surface area contributed by atoms with E-state index in [4.69, 9.17) is 9.47 Å². The van der Waals surface area contributed by atoms with Gasteiger partial charge in [-0.05, 0) is 50.3 Å². The number of benzene rings is 2. The number of amides is 1. The molecule has 1 amide bonds. The summed E-state index contributed by atoms with van der Waals surface area (Å²) in [5.74, 6) is 2.02. The van der Waals surface area contributed by atoms with Crippen LogP contribution in [-0.2, 0) is 6.42 Å². The number of anilines is 1. The van der Waals surface area contributed by atoms with Crippen LogP contribution in [0, 0.1) is 0 Å². The molecule has 7 heteroatoms. The van der Waals surface area contributed by atoms with Gasteiger partial charge in [0.2, 0.25) is 0 Å². The van der Waals surface area contributed by atoms with Gasteiger partial charge in [-0.15, -0.1) is 10.2 Å². The summed E-state index contributed by atoms with van der Waals surface area (Å²) < 4.78 is 10.6. The molecular weight excluding hydrogens is 404 g/mol. The Morgan fingerprint density at radius 2 is 1.84 bits per heavy atom. The van der Waals surface area contributed by atoms with Crippen molar-refractivity contribution < 1.29 is 14.3 Å². The molecule has 0 spiro atoms. The van der Waals surface area contributed by atoms with Crippen LogP contribution < -0.4 is 19.7 Å².